The molecule has 2 fully saturated rings. The standard InChI is InChI=1S/C12H23N3O2/c1-12(2)8-15(5-4-14(12)3)11(16)9-6-17-7-10(9)13/h9-10H,4-8,13H2,1-3H3. The van der Waals surface area contributed by atoms with Gasteiger partial charge in [-0.05, 0) is 20.9 Å². The number of likely N-dealkylation sites (N-methyl/N-ethyl adjacent to an activating group) is 1. The van der Waals surface area contributed by atoms with E-state index in [-0.39, 0.29) is 23.4 Å². The highest BCUT2D eigenvalue weighted by atomic mass is 16.5. The second-order valence-electron chi connectivity index (χ2n) is 5.80. The maximum Gasteiger partial charge on any atom is 0.229 e. The Labute approximate surface area is 103 Å². The van der Waals surface area contributed by atoms with Crippen molar-refractivity contribution in [2.24, 2.45) is 11.7 Å². The first kappa shape index (κ1) is 12.8. The fraction of sp³-hybridized carbons (Fsp3) is 0.917. The smallest absolute Gasteiger partial charge is 0.229 e. The third kappa shape index (κ3) is 2.46. The van der Waals surface area contributed by atoms with Gasteiger partial charge in [-0.25, -0.2) is 0 Å². The molecule has 2 saturated heterocycles. The molecule has 5 nitrogen and oxygen atoms in total. The molecule has 2 aliphatic heterocycles. The van der Waals surface area contributed by atoms with Crippen LogP contribution in [0.4, 0.5) is 0 Å². The van der Waals surface area contributed by atoms with Crippen LogP contribution in [-0.4, -0.2) is 67.2 Å². The monoisotopic (exact) mass is 241 g/mol. The molecule has 2 rings (SSSR count). The number of hydrogen-bond acceptors (Lipinski definition) is 4. The quantitative estimate of drug-likeness (QED) is 0.673. The molecule has 0 aromatic rings. The summed E-state index contributed by atoms with van der Waals surface area (Å²) in [5.74, 6) is 0.0189. The lowest BCUT2D eigenvalue weighted by Gasteiger charge is -2.46. The van der Waals surface area contributed by atoms with Gasteiger partial charge < -0.3 is 15.4 Å². The Morgan fingerprint density at radius 3 is 2.59 bits per heavy atom. The molecule has 0 bridgehead atoms. The summed E-state index contributed by atoms with van der Waals surface area (Å²) in [4.78, 5) is 16.6. The van der Waals surface area contributed by atoms with Crippen molar-refractivity contribution in [1.29, 1.82) is 0 Å². The van der Waals surface area contributed by atoms with E-state index < -0.39 is 0 Å². The maximum absolute atomic E-state index is 12.4. The van der Waals surface area contributed by atoms with Crippen molar-refractivity contribution in [1.82, 2.24) is 9.80 Å². The molecule has 0 aliphatic carbocycles. The number of hydrogen-bond donors (Lipinski definition) is 1. The molecule has 2 N–H and O–H groups in total. The average molecular weight is 241 g/mol. The van der Waals surface area contributed by atoms with Crippen LogP contribution in [0, 0.1) is 5.92 Å². The first-order valence-corrected chi connectivity index (χ1v) is 6.25. The zero-order valence-electron chi connectivity index (χ0n) is 11.0. The second kappa shape index (κ2) is 4.55. The molecule has 2 unspecified atom stereocenters. The third-order valence-corrected chi connectivity index (χ3v) is 4.07. The summed E-state index contributed by atoms with van der Waals surface area (Å²) in [5.41, 5.74) is 5.94. The van der Waals surface area contributed by atoms with Gasteiger partial charge >= 0.3 is 0 Å². The molecule has 0 saturated carbocycles. The van der Waals surface area contributed by atoms with Crippen molar-refractivity contribution in [2.75, 3.05) is 39.9 Å². The molecule has 5 heteroatoms. The largest absolute Gasteiger partial charge is 0.379 e. The van der Waals surface area contributed by atoms with E-state index in [9.17, 15) is 4.79 Å². The van der Waals surface area contributed by atoms with Crippen molar-refractivity contribution < 1.29 is 9.53 Å². The molecule has 0 aromatic heterocycles. The highest BCUT2D eigenvalue weighted by Crippen LogP contribution is 2.22. The van der Waals surface area contributed by atoms with Crippen LogP contribution in [0.15, 0.2) is 0 Å². The number of nitrogens with zero attached hydrogens (tertiary/aromatic N) is 2. The van der Waals surface area contributed by atoms with E-state index in [0.29, 0.717) is 13.2 Å². The molecular formula is C12H23N3O2. The number of ether oxygens (including phenoxy) is 1. The van der Waals surface area contributed by atoms with Crippen molar-refractivity contribution in [2.45, 2.75) is 25.4 Å². The SMILES string of the molecule is CN1CCN(C(=O)C2COCC2N)CC1(C)C. The van der Waals surface area contributed by atoms with Gasteiger partial charge in [0.25, 0.3) is 0 Å². The van der Waals surface area contributed by atoms with Gasteiger partial charge in [-0.1, -0.05) is 0 Å². The van der Waals surface area contributed by atoms with Crippen molar-refractivity contribution >= 4 is 5.91 Å². The van der Waals surface area contributed by atoms with Gasteiger partial charge in [-0.2, -0.15) is 0 Å². The van der Waals surface area contributed by atoms with E-state index in [1.807, 2.05) is 4.90 Å². The summed E-state index contributed by atoms with van der Waals surface area (Å²) in [6, 6.07) is -0.134. The van der Waals surface area contributed by atoms with Gasteiger partial charge in [0.15, 0.2) is 0 Å². The average Bonchev–Trinajstić information content (AvgIpc) is 2.67. The van der Waals surface area contributed by atoms with E-state index >= 15 is 0 Å². The topological polar surface area (TPSA) is 58.8 Å². The Kier molecular flexibility index (Phi) is 3.43. The van der Waals surface area contributed by atoms with Crippen LogP contribution in [0.3, 0.4) is 0 Å². The molecule has 2 aliphatic rings. The predicted octanol–water partition coefficient (Wildman–Crippen LogP) is -0.487. The van der Waals surface area contributed by atoms with Crippen LogP contribution < -0.4 is 5.73 Å². The minimum absolute atomic E-state index is 0.0392. The van der Waals surface area contributed by atoms with Crippen molar-refractivity contribution in [3.05, 3.63) is 0 Å². The van der Waals surface area contributed by atoms with Gasteiger partial charge in [-0.3, -0.25) is 9.69 Å². The first-order chi connectivity index (χ1) is 7.92. The summed E-state index contributed by atoms with van der Waals surface area (Å²) >= 11 is 0. The number of piperazine rings is 1. The summed E-state index contributed by atoms with van der Waals surface area (Å²) < 4.78 is 5.27. The zero-order valence-corrected chi connectivity index (χ0v) is 11.0. The molecule has 17 heavy (non-hydrogen) atoms. The van der Waals surface area contributed by atoms with Crippen LogP contribution >= 0.6 is 0 Å². The normalized spacial score (nSPS) is 34.0. The van der Waals surface area contributed by atoms with Gasteiger partial charge in [0.2, 0.25) is 5.91 Å². The number of carbonyl (C=O) groups excluding carboxylic acids is 1. The number of carbonyl (C=O) groups is 1. The lowest BCUT2D eigenvalue weighted by atomic mass is 9.96. The summed E-state index contributed by atoms with van der Waals surface area (Å²) in [7, 11) is 2.10. The zero-order chi connectivity index (χ0) is 12.6. The third-order valence-electron chi connectivity index (χ3n) is 4.07. The Morgan fingerprint density at radius 2 is 2.06 bits per heavy atom. The lowest BCUT2D eigenvalue weighted by molar-refractivity contribution is -0.140. The molecule has 2 heterocycles. The van der Waals surface area contributed by atoms with Crippen LogP contribution in [0.2, 0.25) is 0 Å². The van der Waals surface area contributed by atoms with E-state index in [0.717, 1.165) is 19.6 Å². The minimum atomic E-state index is -0.144. The van der Waals surface area contributed by atoms with Crippen molar-refractivity contribution in [3.63, 3.8) is 0 Å². The number of amides is 1. The van der Waals surface area contributed by atoms with E-state index in [2.05, 4.69) is 25.8 Å². The highest BCUT2D eigenvalue weighted by Gasteiger charge is 2.39. The highest BCUT2D eigenvalue weighted by molar-refractivity contribution is 5.80. The van der Waals surface area contributed by atoms with Crippen LogP contribution in [0.25, 0.3) is 0 Å². The van der Waals surface area contributed by atoms with Gasteiger partial charge in [0.1, 0.15) is 0 Å². The minimum Gasteiger partial charge on any atom is -0.379 e. The number of rotatable bonds is 1. The molecule has 0 spiro atoms. The van der Waals surface area contributed by atoms with Crippen molar-refractivity contribution in [3.8, 4) is 0 Å². The fourth-order valence-corrected chi connectivity index (χ4v) is 2.49. The van der Waals surface area contributed by atoms with Gasteiger partial charge in [-0.15, -0.1) is 0 Å². The summed E-state index contributed by atoms with van der Waals surface area (Å²) in [5, 5.41) is 0. The lowest BCUT2D eigenvalue weighted by Crippen LogP contribution is -2.60. The van der Waals surface area contributed by atoms with Crippen LogP contribution in [-0.2, 0) is 9.53 Å². The summed E-state index contributed by atoms with van der Waals surface area (Å²) in [6.45, 7) is 7.80. The Hall–Kier alpha value is -0.650. The van der Waals surface area contributed by atoms with E-state index in [4.69, 9.17) is 10.5 Å². The summed E-state index contributed by atoms with van der Waals surface area (Å²) in [6.07, 6.45) is 0. The Bertz CT molecular complexity index is 306. The predicted molar refractivity (Wildman–Crippen MR) is 65.6 cm³/mol. The van der Waals surface area contributed by atoms with Crippen LogP contribution in [0.1, 0.15) is 13.8 Å². The molecular weight excluding hydrogens is 218 g/mol. The van der Waals surface area contributed by atoms with E-state index in [1.165, 1.54) is 0 Å². The molecule has 2 atom stereocenters. The maximum atomic E-state index is 12.4. The second-order valence-corrected chi connectivity index (χ2v) is 5.80. The molecule has 0 radical (unpaired) electrons. The van der Waals surface area contributed by atoms with Crippen LogP contribution in [0.5, 0.6) is 0 Å². The Morgan fingerprint density at radius 1 is 1.35 bits per heavy atom. The number of nitrogens with two attached hydrogens (primary N) is 1. The van der Waals surface area contributed by atoms with E-state index in [1.54, 1.807) is 0 Å². The molecule has 98 valence electrons. The fourth-order valence-electron chi connectivity index (χ4n) is 2.49. The molecule has 0 aromatic carbocycles. The van der Waals surface area contributed by atoms with Gasteiger partial charge in [0.05, 0.1) is 19.1 Å². The first-order valence-electron chi connectivity index (χ1n) is 6.25. The molecule has 1 amide bonds. The Balaban J connectivity index is 2.01. The van der Waals surface area contributed by atoms with Gasteiger partial charge in [0, 0.05) is 31.2 Å².